The number of methoxy groups -OCH3 is 2. The Kier molecular flexibility index (Phi) is 5.24. The van der Waals surface area contributed by atoms with Gasteiger partial charge in [-0.1, -0.05) is 0 Å². The first-order valence-corrected chi connectivity index (χ1v) is 7.24. The number of nitrogens with one attached hydrogen (secondary N) is 1. The maximum atomic E-state index is 12.2. The second kappa shape index (κ2) is 7.15. The maximum absolute atomic E-state index is 12.2. The summed E-state index contributed by atoms with van der Waals surface area (Å²) in [6.07, 6.45) is 3.04. The summed E-state index contributed by atoms with van der Waals surface area (Å²) in [6.45, 7) is 1.89. The smallest absolute Gasteiger partial charge is 0.409 e. The van der Waals surface area contributed by atoms with Crippen molar-refractivity contribution in [3.05, 3.63) is 11.8 Å². The number of likely N-dealkylation sites (tertiary alicyclic amines) is 1. The van der Waals surface area contributed by atoms with E-state index in [4.69, 9.17) is 9.47 Å². The first kappa shape index (κ1) is 16.1. The average Bonchev–Trinajstić information content (AvgIpc) is 2.93. The number of ether oxygens (including phenoxy) is 2. The van der Waals surface area contributed by atoms with E-state index in [1.165, 1.54) is 14.2 Å². The standard InChI is InChI=1S/C14H22N4O4/c1-17-9-11(13(16-17)21-2)12(19)15-8-10-4-6-18(7-5-10)14(20)22-3/h9-10H,4-8H2,1-3H3,(H,15,19). The number of carbonyl (C=O) groups excluding carboxylic acids is 2. The molecule has 2 rings (SSSR count). The Morgan fingerprint density at radius 3 is 2.64 bits per heavy atom. The summed E-state index contributed by atoms with van der Waals surface area (Å²) in [6, 6.07) is 0. The van der Waals surface area contributed by atoms with E-state index in [9.17, 15) is 9.59 Å². The molecule has 22 heavy (non-hydrogen) atoms. The Hall–Kier alpha value is -2.25. The quantitative estimate of drug-likeness (QED) is 0.882. The van der Waals surface area contributed by atoms with Crippen LogP contribution in [0.5, 0.6) is 5.88 Å². The summed E-state index contributed by atoms with van der Waals surface area (Å²) in [7, 11) is 4.61. The van der Waals surface area contributed by atoms with Crippen molar-refractivity contribution in [2.24, 2.45) is 13.0 Å². The molecule has 0 aromatic carbocycles. The molecule has 0 saturated carbocycles. The van der Waals surface area contributed by atoms with Gasteiger partial charge in [-0.3, -0.25) is 9.48 Å². The molecule has 0 radical (unpaired) electrons. The first-order chi connectivity index (χ1) is 10.5. The highest BCUT2D eigenvalue weighted by atomic mass is 16.5. The van der Waals surface area contributed by atoms with Gasteiger partial charge < -0.3 is 19.7 Å². The molecule has 1 aliphatic rings. The van der Waals surface area contributed by atoms with Crippen molar-refractivity contribution >= 4 is 12.0 Å². The number of aryl methyl sites for hydroxylation is 1. The normalized spacial score (nSPS) is 15.5. The van der Waals surface area contributed by atoms with Crippen LogP contribution >= 0.6 is 0 Å². The Labute approximate surface area is 129 Å². The second-order valence-corrected chi connectivity index (χ2v) is 5.34. The molecule has 0 atom stereocenters. The van der Waals surface area contributed by atoms with E-state index in [0.29, 0.717) is 37.0 Å². The van der Waals surface area contributed by atoms with Gasteiger partial charge in [0.15, 0.2) is 0 Å². The highest BCUT2D eigenvalue weighted by molar-refractivity contribution is 5.96. The number of piperidine rings is 1. The molecule has 1 aliphatic heterocycles. The predicted molar refractivity (Wildman–Crippen MR) is 78.8 cm³/mol. The molecule has 2 amide bonds. The van der Waals surface area contributed by atoms with E-state index < -0.39 is 0 Å². The van der Waals surface area contributed by atoms with Gasteiger partial charge in [-0.25, -0.2) is 4.79 Å². The zero-order valence-electron chi connectivity index (χ0n) is 13.2. The largest absolute Gasteiger partial charge is 0.479 e. The molecule has 0 spiro atoms. The van der Waals surface area contributed by atoms with Crippen molar-refractivity contribution in [2.75, 3.05) is 33.9 Å². The van der Waals surface area contributed by atoms with Crippen molar-refractivity contribution < 1.29 is 19.1 Å². The first-order valence-electron chi connectivity index (χ1n) is 7.24. The van der Waals surface area contributed by atoms with Crippen LogP contribution in [0.15, 0.2) is 6.20 Å². The number of amides is 2. The van der Waals surface area contributed by atoms with Gasteiger partial charge in [-0.2, -0.15) is 0 Å². The number of hydrogen-bond acceptors (Lipinski definition) is 5. The van der Waals surface area contributed by atoms with E-state index >= 15 is 0 Å². The van der Waals surface area contributed by atoms with Crippen LogP contribution < -0.4 is 10.1 Å². The lowest BCUT2D eigenvalue weighted by atomic mass is 9.97. The van der Waals surface area contributed by atoms with Gasteiger partial charge >= 0.3 is 6.09 Å². The molecule has 1 N–H and O–H groups in total. The van der Waals surface area contributed by atoms with Crippen LogP contribution in [0.1, 0.15) is 23.2 Å². The fraction of sp³-hybridized carbons (Fsp3) is 0.643. The van der Waals surface area contributed by atoms with Crippen molar-refractivity contribution in [3.63, 3.8) is 0 Å². The fourth-order valence-electron chi connectivity index (χ4n) is 2.56. The van der Waals surface area contributed by atoms with Crippen LogP contribution in [-0.2, 0) is 11.8 Å². The lowest BCUT2D eigenvalue weighted by Crippen LogP contribution is -2.41. The third-order valence-electron chi connectivity index (χ3n) is 3.83. The van der Waals surface area contributed by atoms with E-state index in [-0.39, 0.29) is 12.0 Å². The van der Waals surface area contributed by atoms with E-state index in [0.717, 1.165) is 12.8 Å². The van der Waals surface area contributed by atoms with Crippen LogP contribution in [0.25, 0.3) is 0 Å². The van der Waals surface area contributed by atoms with Crippen LogP contribution in [0, 0.1) is 5.92 Å². The minimum atomic E-state index is -0.289. The number of carbonyl (C=O) groups is 2. The molecule has 2 heterocycles. The van der Waals surface area contributed by atoms with E-state index in [2.05, 4.69) is 10.4 Å². The fourth-order valence-corrected chi connectivity index (χ4v) is 2.56. The molecule has 0 unspecified atom stereocenters. The summed E-state index contributed by atoms with van der Waals surface area (Å²) in [4.78, 5) is 25.3. The number of rotatable bonds is 4. The molecule has 1 aromatic heterocycles. The van der Waals surface area contributed by atoms with Crippen molar-refractivity contribution in [2.45, 2.75) is 12.8 Å². The molecule has 1 fully saturated rings. The van der Waals surface area contributed by atoms with E-state index in [1.54, 1.807) is 22.8 Å². The van der Waals surface area contributed by atoms with Crippen molar-refractivity contribution in [3.8, 4) is 5.88 Å². The minimum Gasteiger partial charge on any atom is -0.479 e. The van der Waals surface area contributed by atoms with Gasteiger partial charge in [0, 0.05) is 32.9 Å². The Morgan fingerprint density at radius 2 is 2.05 bits per heavy atom. The van der Waals surface area contributed by atoms with Crippen LogP contribution in [0.4, 0.5) is 4.79 Å². The Bertz CT molecular complexity index is 535. The van der Waals surface area contributed by atoms with Crippen LogP contribution in [0.2, 0.25) is 0 Å². The van der Waals surface area contributed by atoms with Gasteiger partial charge in [0.05, 0.1) is 14.2 Å². The van der Waals surface area contributed by atoms with Crippen LogP contribution in [-0.4, -0.2) is 60.5 Å². The third kappa shape index (κ3) is 3.69. The predicted octanol–water partition coefficient (Wildman–Crippen LogP) is 0.637. The monoisotopic (exact) mass is 310 g/mol. The highest BCUT2D eigenvalue weighted by Gasteiger charge is 2.24. The van der Waals surface area contributed by atoms with Crippen LogP contribution in [0.3, 0.4) is 0 Å². The molecule has 122 valence electrons. The molecule has 8 heteroatoms. The lowest BCUT2D eigenvalue weighted by Gasteiger charge is -2.30. The topological polar surface area (TPSA) is 85.7 Å². The number of aromatic nitrogens is 2. The molecular weight excluding hydrogens is 288 g/mol. The molecule has 0 bridgehead atoms. The van der Waals surface area contributed by atoms with Gasteiger partial charge in [-0.15, -0.1) is 5.10 Å². The molecular formula is C14H22N4O4. The summed E-state index contributed by atoms with van der Waals surface area (Å²) < 4.78 is 11.3. The third-order valence-corrected chi connectivity index (χ3v) is 3.83. The zero-order chi connectivity index (χ0) is 16.1. The summed E-state index contributed by atoms with van der Waals surface area (Å²) >= 11 is 0. The van der Waals surface area contributed by atoms with E-state index in [1.807, 2.05) is 0 Å². The highest BCUT2D eigenvalue weighted by Crippen LogP contribution is 2.18. The summed E-state index contributed by atoms with van der Waals surface area (Å²) in [5.41, 5.74) is 0.428. The Morgan fingerprint density at radius 1 is 1.36 bits per heavy atom. The van der Waals surface area contributed by atoms with Gasteiger partial charge in [0.2, 0.25) is 5.88 Å². The van der Waals surface area contributed by atoms with Gasteiger partial charge in [0.25, 0.3) is 5.91 Å². The SMILES string of the molecule is COC(=O)N1CCC(CNC(=O)c2cn(C)nc2OC)CC1. The minimum absolute atomic E-state index is 0.194. The molecule has 8 nitrogen and oxygen atoms in total. The molecule has 1 saturated heterocycles. The zero-order valence-corrected chi connectivity index (χ0v) is 13.2. The molecule has 1 aromatic rings. The lowest BCUT2D eigenvalue weighted by molar-refractivity contribution is 0.0911. The summed E-state index contributed by atoms with van der Waals surface area (Å²) in [5.74, 6) is 0.480. The second-order valence-electron chi connectivity index (χ2n) is 5.34. The van der Waals surface area contributed by atoms with Crippen molar-refractivity contribution in [1.29, 1.82) is 0 Å². The number of hydrogen-bond donors (Lipinski definition) is 1. The molecule has 0 aliphatic carbocycles. The number of nitrogens with zero attached hydrogens (tertiary/aromatic N) is 3. The maximum Gasteiger partial charge on any atom is 0.409 e. The summed E-state index contributed by atoms with van der Waals surface area (Å²) in [5, 5.41) is 6.97. The van der Waals surface area contributed by atoms with Gasteiger partial charge in [0.1, 0.15) is 5.56 Å². The van der Waals surface area contributed by atoms with Crippen molar-refractivity contribution in [1.82, 2.24) is 20.0 Å². The van der Waals surface area contributed by atoms with Gasteiger partial charge in [-0.05, 0) is 18.8 Å². The average molecular weight is 310 g/mol. The Balaban J connectivity index is 1.81.